The molecule has 1 aliphatic carbocycles. The molecular weight excluding hydrogens is 364 g/mol. The highest BCUT2D eigenvalue weighted by Crippen LogP contribution is 2.33. The van der Waals surface area contributed by atoms with E-state index in [0.29, 0.717) is 24.3 Å². The van der Waals surface area contributed by atoms with E-state index < -0.39 is 0 Å². The lowest BCUT2D eigenvalue weighted by Gasteiger charge is -2.24. The van der Waals surface area contributed by atoms with E-state index in [-0.39, 0.29) is 11.9 Å². The van der Waals surface area contributed by atoms with E-state index in [1.165, 1.54) is 25.7 Å². The lowest BCUT2D eigenvalue weighted by atomic mass is 9.85. The van der Waals surface area contributed by atoms with Crippen LogP contribution in [0.5, 0.6) is 5.75 Å². The van der Waals surface area contributed by atoms with Gasteiger partial charge in [-0.2, -0.15) is 0 Å². The Hall–Kier alpha value is -2.86. The third kappa shape index (κ3) is 3.98. The Morgan fingerprint density at radius 1 is 1.21 bits per heavy atom. The van der Waals surface area contributed by atoms with Crippen molar-refractivity contribution in [3.8, 4) is 5.75 Å². The van der Waals surface area contributed by atoms with E-state index in [1.807, 2.05) is 59.3 Å². The molecule has 0 bridgehead atoms. The molecule has 1 aromatic carbocycles. The van der Waals surface area contributed by atoms with Gasteiger partial charge in [0.2, 0.25) is 5.91 Å². The van der Waals surface area contributed by atoms with E-state index in [0.717, 1.165) is 23.4 Å². The van der Waals surface area contributed by atoms with Gasteiger partial charge in [-0.15, -0.1) is 0 Å². The third-order valence-corrected chi connectivity index (χ3v) is 6.08. The number of anilines is 1. The Balaban J connectivity index is 1.20. The molecule has 6 nitrogen and oxygen atoms in total. The number of benzene rings is 1. The molecule has 1 saturated heterocycles. The molecule has 150 valence electrons. The normalized spacial score (nSPS) is 23.7. The number of amides is 1. The summed E-state index contributed by atoms with van der Waals surface area (Å²) in [4.78, 5) is 17.3. The zero-order valence-electron chi connectivity index (χ0n) is 16.4. The second-order valence-electron chi connectivity index (χ2n) is 8.11. The fourth-order valence-corrected chi connectivity index (χ4v) is 4.63. The minimum Gasteiger partial charge on any atom is -0.487 e. The van der Waals surface area contributed by atoms with Crippen molar-refractivity contribution in [3.63, 3.8) is 0 Å². The number of pyridine rings is 1. The topological polar surface area (TPSA) is 67.7 Å². The summed E-state index contributed by atoms with van der Waals surface area (Å²) < 4.78 is 7.88. The molecule has 3 unspecified atom stereocenters. The molecule has 6 heteroatoms. The van der Waals surface area contributed by atoms with Gasteiger partial charge in [0.05, 0.1) is 11.7 Å². The first kappa shape index (κ1) is 18.2. The summed E-state index contributed by atoms with van der Waals surface area (Å²) in [6.07, 6.45) is 9.88. The maximum atomic E-state index is 12.7. The molecular formula is C23H26N4O2. The van der Waals surface area contributed by atoms with Gasteiger partial charge in [0.1, 0.15) is 18.0 Å². The average Bonchev–Trinajstić information content (AvgIpc) is 3.36. The second kappa shape index (κ2) is 7.87. The standard InChI is InChI=1S/C23H26N4O2/c28-23(21-12-16-6-1-2-9-20(16)26-21)25-17-7-5-8-19(13-17)29-15-18-14-27-11-4-3-10-22(27)24-18/h3-5,7-8,10-11,13-14,16,20-21,26H,1-2,6,9,12,15H2,(H,25,28). The molecule has 1 amide bonds. The Bertz CT molecular complexity index is 968. The van der Waals surface area contributed by atoms with Crippen LogP contribution in [0.15, 0.2) is 54.9 Å². The first-order valence-electron chi connectivity index (χ1n) is 10.5. The highest BCUT2D eigenvalue weighted by atomic mass is 16.5. The molecule has 3 aromatic rings. The lowest BCUT2D eigenvalue weighted by molar-refractivity contribution is -0.117. The third-order valence-electron chi connectivity index (χ3n) is 6.08. The van der Waals surface area contributed by atoms with E-state index in [4.69, 9.17) is 4.74 Å². The van der Waals surface area contributed by atoms with Gasteiger partial charge in [-0.25, -0.2) is 4.98 Å². The zero-order valence-corrected chi connectivity index (χ0v) is 16.4. The quantitative estimate of drug-likeness (QED) is 0.696. The summed E-state index contributed by atoms with van der Waals surface area (Å²) in [7, 11) is 0. The molecule has 1 aliphatic heterocycles. The van der Waals surface area contributed by atoms with Crippen LogP contribution in [0.2, 0.25) is 0 Å². The number of rotatable bonds is 5. The molecule has 3 heterocycles. The molecule has 3 atom stereocenters. The predicted octanol–water partition coefficient (Wildman–Crippen LogP) is 3.77. The molecule has 0 radical (unpaired) electrons. The largest absolute Gasteiger partial charge is 0.487 e. The number of carbonyl (C=O) groups is 1. The van der Waals surface area contributed by atoms with Crippen LogP contribution in [0, 0.1) is 5.92 Å². The maximum absolute atomic E-state index is 12.7. The maximum Gasteiger partial charge on any atom is 0.241 e. The van der Waals surface area contributed by atoms with Crippen LogP contribution >= 0.6 is 0 Å². The zero-order chi connectivity index (χ0) is 19.6. The van der Waals surface area contributed by atoms with Crippen LogP contribution in [0.1, 0.15) is 37.8 Å². The van der Waals surface area contributed by atoms with Gasteiger partial charge in [0.25, 0.3) is 0 Å². The first-order valence-corrected chi connectivity index (χ1v) is 10.5. The van der Waals surface area contributed by atoms with Crippen LogP contribution in [0.25, 0.3) is 5.65 Å². The van der Waals surface area contributed by atoms with Gasteiger partial charge < -0.3 is 19.8 Å². The van der Waals surface area contributed by atoms with Crippen LogP contribution in [-0.2, 0) is 11.4 Å². The fraction of sp³-hybridized carbons (Fsp3) is 0.391. The molecule has 0 spiro atoms. The van der Waals surface area contributed by atoms with Crippen molar-refractivity contribution >= 4 is 17.2 Å². The lowest BCUT2D eigenvalue weighted by Crippen LogP contribution is -2.39. The molecule has 5 rings (SSSR count). The van der Waals surface area contributed by atoms with Gasteiger partial charge in [-0.3, -0.25) is 4.79 Å². The second-order valence-corrected chi connectivity index (χ2v) is 8.11. The molecule has 2 aromatic heterocycles. The van der Waals surface area contributed by atoms with Crippen LogP contribution in [-0.4, -0.2) is 27.4 Å². The minimum absolute atomic E-state index is 0.0527. The van der Waals surface area contributed by atoms with Crippen molar-refractivity contribution in [2.45, 2.75) is 50.8 Å². The van der Waals surface area contributed by atoms with Gasteiger partial charge in [-0.1, -0.05) is 25.0 Å². The summed E-state index contributed by atoms with van der Waals surface area (Å²) in [6, 6.07) is 13.9. The number of nitrogens with one attached hydrogen (secondary N) is 2. The number of ether oxygens (including phenoxy) is 1. The molecule has 2 fully saturated rings. The van der Waals surface area contributed by atoms with Crippen LogP contribution in [0.3, 0.4) is 0 Å². The number of hydrogen-bond donors (Lipinski definition) is 2. The van der Waals surface area contributed by atoms with Crippen molar-refractivity contribution in [2.75, 3.05) is 5.32 Å². The van der Waals surface area contributed by atoms with Gasteiger partial charge in [-0.05, 0) is 49.4 Å². The van der Waals surface area contributed by atoms with Crippen LogP contribution in [0.4, 0.5) is 5.69 Å². The van der Waals surface area contributed by atoms with E-state index in [2.05, 4.69) is 15.6 Å². The number of fused-ring (bicyclic) bond motifs is 2. The summed E-state index contributed by atoms with van der Waals surface area (Å²) in [5.41, 5.74) is 2.53. The van der Waals surface area contributed by atoms with Gasteiger partial charge in [0.15, 0.2) is 0 Å². The highest BCUT2D eigenvalue weighted by molar-refractivity contribution is 5.95. The van der Waals surface area contributed by atoms with E-state index >= 15 is 0 Å². The highest BCUT2D eigenvalue weighted by Gasteiger charge is 2.38. The van der Waals surface area contributed by atoms with Gasteiger partial charge >= 0.3 is 0 Å². The molecule has 2 aliphatic rings. The SMILES string of the molecule is O=C(Nc1cccc(OCc2cn3ccccc3n2)c1)C1CC2CCCCC2N1. The number of aromatic nitrogens is 2. The van der Waals surface area contributed by atoms with Crippen molar-refractivity contribution in [1.82, 2.24) is 14.7 Å². The summed E-state index contributed by atoms with van der Waals surface area (Å²) in [5, 5.41) is 6.59. The predicted molar refractivity (Wildman–Crippen MR) is 112 cm³/mol. The average molecular weight is 390 g/mol. The van der Waals surface area contributed by atoms with E-state index in [1.54, 1.807) is 0 Å². The van der Waals surface area contributed by atoms with Crippen molar-refractivity contribution in [1.29, 1.82) is 0 Å². The smallest absolute Gasteiger partial charge is 0.241 e. The Morgan fingerprint density at radius 2 is 2.14 bits per heavy atom. The number of nitrogens with zero attached hydrogens (tertiary/aromatic N) is 2. The minimum atomic E-state index is -0.0920. The Labute approximate surface area is 170 Å². The van der Waals surface area contributed by atoms with Crippen molar-refractivity contribution in [2.24, 2.45) is 5.92 Å². The Morgan fingerprint density at radius 3 is 3.03 bits per heavy atom. The molecule has 1 saturated carbocycles. The van der Waals surface area contributed by atoms with Gasteiger partial charge in [0, 0.05) is 30.2 Å². The number of imidazole rings is 1. The summed E-state index contributed by atoms with van der Waals surface area (Å²) >= 11 is 0. The van der Waals surface area contributed by atoms with Crippen LogP contribution < -0.4 is 15.4 Å². The Kier molecular flexibility index (Phi) is 4.94. The molecule has 2 N–H and O–H groups in total. The monoisotopic (exact) mass is 390 g/mol. The summed E-state index contributed by atoms with van der Waals surface area (Å²) in [6.45, 7) is 0.382. The van der Waals surface area contributed by atoms with E-state index in [9.17, 15) is 4.79 Å². The van der Waals surface area contributed by atoms with Crippen molar-refractivity contribution in [3.05, 3.63) is 60.6 Å². The number of carbonyl (C=O) groups excluding carboxylic acids is 1. The first-order chi connectivity index (χ1) is 14.2. The summed E-state index contributed by atoms with van der Waals surface area (Å²) in [5.74, 6) is 1.42. The van der Waals surface area contributed by atoms with Crippen molar-refractivity contribution < 1.29 is 9.53 Å². The number of hydrogen-bond acceptors (Lipinski definition) is 4. The molecule has 29 heavy (non-hydrogen) atoms. The fourth-order valence-electron chi connectivity index (χ4n) is 4.63.